The minimum Gasteiger partial charge on any atom is -0.450 e. The zero-order valence-electron chi connectivity index (χ0n) is 17.1. The van der Waals surface area contributed by atoms with Gasteiger partial charge >= 0.3 is 6.09 Å². The van der Waals surface area contributed by atoms with Gasteiger partial charge in [-0.15, -0.1) is 0 Å². The maximum absolute atomic E-state index is 12.3. The fraction of sp³-hybridized carbons (Fsp3) is 0.571. The number of hydrogen-bond acceptors (Lipinski definition) is 4. The molecule has 0 saturated carbocycles. The zero-order chi connectivity index (χ0) is 20.5. The number of amides is 3. The molecule has 7 heteroatoms. The van der Waals surface area contributed by atoms with E-state index in [-0.39, 0.29) is 30.4 Å². The number of nitrogens with one attached hydrogen (secondary N) is 1. The van der Waals surface area contributed by atoms with Crippen LogP contribution < -0.4 is 5.32 Å². The molecule has 0 radical (unpaired) electrons. The summed E-state index contributed by atoms with van der Waals surface area (Å²) in [7, 11) is 0. The summed E-state index contributed by atoms with van der Waals surface area (Å²) in [5, 5.41) is 3.02. The number of nitrogens with zero attached hydrogens (tertiary/aromatic N) is 2. The van der Waals surface area contributed by atoms with Gasteiger partial charge in [0.2, 0.25) is 11.8 Å². The summed E-state index contributed by atoms with van der Waals surface area (Å²) < 4.78 is 5.00. The Kier molecular flexibility index (Phi) is 8.29. The van der Waals surface area contributed by atoms with Crippen LogP contribution in [0.2, 0.25) is 0 Å². The fourth-order valence-electron chi connectivity index (χ4n) is 3.34. The summed E-state index contributed by atoms with van der Waals surface area (Å²) in [4.78, 5) is 39.3. The van der Waals surface area contributed by atoms with Crippen LogP contribution in [0.15, 0.2) is 24.3 Å². The highest BCUT2D eigenvalue weighted by molar-refractivity contribution is 5.78. The predicted octanol–water partition coefficient (Wildman–Crippen LogP) is 2.47. The number of benzene rings is 1. The maximum atomic E-state index is 12.3. The summed E-state index contributed by atoms with van der Waals surface area (Å²) in [6.45, 7) is 7.74. The second-order valence-electron chi connectivity index (χ2n) is 7.21. The molecule has 1 aliphatic rings. The second kappa shape index (κ2) is 10.7. The molecule has 0 atom stereocenters. The van der Waals surface area contributed by atoms with Gasteiger partial charge in [-0.05, 0) is 32.3 Å². The fourth-order valence-corrected chi connectivity index (χ4v) is 3.34. The number of piperidine rings is 1. The van der Waals surface area contributed by atoms with E-state index in [2.05, 4.69) is 5.32 Å². The highest BCUT2D eigenvalue weighted by Gasteiger charge is 2.24. The van der Waals surface area contributed by atoms with Crippen molar-refractivity contribution < 1.29 is 19.1 Å². The van der Waals surface area contributed by atoms with Crippen molar-refractivity contribution >= 4 is 17.9 Å². The van der Waals surface area contributed by atoms with Crippen molar-refractivity contribution in [1.29, 1.82) is 0 Å². The first-order valence-corrected chi connectivity index (χ1v) is 9.91. The van der Waals surface area contributed by atoms with Gasteiger partial charge in [-0.2, -0.15) is 0 Å². The lowest BCUT2D eigenvalue weighted by Crippen LogP contribution is -2.47. The highest BCUT2D eigenvalue weighted by atomic mass is 16.6. The van der Waals surface area contributed by atoms with E-state index in [4.69, 9.17) is 4.74 Å². The van der Waals surface area contributed by atoms with E-state index in [1.807, 2.05) is 31.2 Å². The number of rotatable bonds is 7. The number of carbonyl (C=O) groups is 3. The third kappa shape index (κ3) is 6.87. The van der Waals surface area contributed by atoms with Crippen LogP contribution >= 0.6 is 0 Å². The molecule has 2 rings (SSSR count). The Hall–Kier alpha value is -2.57. The van der Waals surface area contributed by atoms with Crippen LogP contribution in [-0.4, -0.2) is 60.0 Å². The number of aryl methyl sites for hydroxylation is 1. The first-order valence-electron chi connectivity index (χ1n) is 9.91. The van der Waals surface area contributed by atoms with Crippen molar-refractivity contribution in [1.82, 2.24) is 15.1 Å². The maximum Gasteiger partial charge on any atom is 0.409 e. The summed E-state index contributed by atoms with van der Waals surface area (Å²) in [6, 6.07) is 8.08. The molecule has 0 unspecified atom stereocenters. The van der Waals surface area contributed by atoms with Crippen molar-refractivity contribution in [3.63, 3.8) is 0 Å². The molecule has 1 aromatic rings. The number of hydrogen-bond donors (Lipinski definition) is 1. The standard InChI is InChI=1S/C21H31N3O4/c1-4-28-21(27)23-11-8-19(9-12-23)22-20(26)10-13-24(17(3)25)15-18-7-5-6-16(2)14-18/h5-7,14,19H,4,8-13,15H2,1-3H3,(H,22,26). The monoisotopic (exact) mass is 389 g/mol. The molecular formula is C21H31N3O4. The van der Waals surface area contributed by atoms with E-state index in [0.29, 0.717) is 45.6 Å². The van der Waals surface area contributed by atoms with Gasteiger partial charge < -0.3 is 19.9 Å². The van der Waals surface area contributed by atoms with Crippen LogP contribution in [0.1, 0.15) is 44.2 Å². The zero-order valence-corrected chi connectivity index (χ0v) is 17.1. The first kappa shape index (κ1) is 21.7. The van der Waals surface area contributed by atoms with Gasteiger partial charge in [-0.1, -0.05) is 29.8 Å². The SMILES string of the molecule is CCOC(=O)N1CCC(NC(=O)CCN(Cc2cccc(C)c2)C(C)=O)CC1. The van der Waals surface area contributed by atoms with Gasteiger partial charge in [0, 0.05) is 45.6 Å². The Morgan fingerprint density at radius 3 is 2.57 bits per heavy atom. The van der Waals surface area contributed by atoms with Crippen LogP contribution in [0.3, 0.4) is 0 Å². The van der Waals surface area contributed by atoms with Crippen molar-refractivity contribution in [2.24, 2.45) is 0 Å². The molecular weight excluding hydrogens is 358 g/mol. The topological polar surface area (TPSA) is 79.0 Å². The molecule has 1 heterocycles. The van der Waals surface area contributed by atoms with Gasteiger partial charge in [0.25, 0.3) is 0 Å². The lowest BCUT2D eigenvalue weighted by atomic mass is 10.1. The molecule has 0 spiro atoms. The number of ether oxygens (including phenoxy) is 1. The Morgan fingerprint density at radius 2 is 1.96 bits per heavy atom. The minimum absolute atomic E-state index is 0.0444. The van der Waals surface area contributed by atoms with Crippen LogP contribution in [0.4, 0.5) is 4.79 Å². The van der Waals surface area contributed by atoms with Gasteiger partial charge in [0.1, 0.15) is 0 Å². The molecule has 0 aliphatic carbocycles. The lowest BCUT2D eigenvalue weighted by Gasteiger charge is -2.31. The molecule has 1 saturated heterocycles. The lowest BCUT2D eigenvalue weighted by molar-refractivity contribution is -0.130. The third-order valence-corrected chi connectivity index (χ3v) is 4.90. The van der Waals surface area contributed by atoms with Crippen LogP contribution in [-0.2, 0) is 20.9 Å². The van der Waals surface area contributed by atoms with Gasteiger partial charge in [-0.3, -0.25) is 9.59 Å². The molecule has 1 aliphatic heterocycles. The molecule has 3 amide bonds. The largest absolute Gasteiger partial charge is 0.450 e. The summed E-state index contributed by atoms with van der Waals surface area (Å²) in [5.41, 5.74) is 2.20. The van der Waals surface area contributed by atoms with E-state index in [9.17, 15) is 14.4 Å². The third-order valence-electron chi connectivity index (χ3n) is 4.90. The van der Waals surface area contributed by atoms with Crippen molar-refractivity contribution in [2.75, 3.05) is 26.2 Å². The molecule has 28 heavy (non-hydrogen) atoms. The molecule has 154 valence electrons. The van der Waals surface area contributed by atoms with Crippen molar-refractivity contribution in [3.05, 3.63) is 35.4 Å². The molecule has 1 N–H and O–H groups in total. The number of likely N-dealkylation sites (tertiary alicyclic amines) is 1. The average molecular weight is 389 g/mol. The smallest absolute Gasteiger partial charge is 0.409 e. The van der Waals surface area contributed by atoms with E-state index in [1.165, 1.54) is 6.92 Å². The Bertz CT molecular complexity index is 684. The van der Waals surface area contributed by atoms with Crippen LogP contribution in [0.25, 0.3) is 0 Å². The Labute approximate surface area is 167 Å². The average Bonchev–Trinajstić information content (AvgIpc) is 2.65. The molecule has 0 aromatic heterocycles. The van der Waals surface area contributed by atoms with Crippen molar-refractivity contribution in [3.8, 4) is 0 Å². The van der Waals surface area contributed by atoms with E-state index >= 15 is 0 Å². The van der Waals surface area contributed by atoms with Gasteiger partial charge in [0.15, 0.2) is 0 Å². The van der Waals surface area contributed by atoms with Crippen LogP contribution in [0.5, 0.6) is 0 Å². The normalized spacial score (nSPS) is 14.5. The highest BCUT2D eigenvalue weighted by Crippen LogP contribution is 2.12. The first-order chi connectivity index (χ1) is 13.4. The van der Waals surface area contributed by atoms with Gasteiger partial charge in [0.05, 0.1) is 6.61 Å². The second-order valence-corrected chi connectivity index (χ2v) is 7.21. The summed E-state index contributed by atoms with van der Waals surface area (Å²) in [5.74, 6) is -0.109. The molecule has 1 aromatic carbocycles. The molecule has 1 fully saturated rings. The number of carbonyl (C=O) groups excluding carboxylic acids is 3. The van der Waals surface area contributed by atoms with Crippen molar-refractivity contribution in [2.45, 2.75) is 52.6 Å². The van der Waals surface area contributed by atoms with Crippen LogP contribution in [0, 0.1) is 6.92 Å². The quantitative estimate of drug-likeness (QED) is 0.777. The summed E-state index contributed by atoms with van der Waals surface area (Å²) >= 11 is 0. The van der Waals surface area contributed by atoms with Gasteiger partial charge in [-0.25, -0.2) is 4.79 Å². The van der Waals surface area contributed by atoms with E-state index in [0.717, 1.165) is 11.1 Å². The Morgan fingerprint density at radius 1 is 1.25 bits per heavy atom. The molecule has 0 bridgehead atoms. The predicted molar refractivity (Wildman–Crippen MR) is 107 cm³/mol. The minimum atomic E-state index is -0.291. The molecule has 7 nitrogen and oxygen atoms in total. The Balaban J connectivity index is 1.76. The summed E-state index contributed by atoms with van der Waals surface area (Å²) in [6.07, 6.45) is 1.40. The van der Waals surface area contributed by atoms with E-state index < -0.39 is 0 Å². The van der Waals surface area contributed by atoms with E-state index in [1.54, 1.807) is 16.7 Å².